The van der Waals surface area contributed by atoms with Crippen LogP contribution in [0.15, 0.2) is 30.0 Å². The third-order valence-corrected chi connectivity index (χ3v) is 2.67. The molecule has 0 radical (unpaired) electrons. The minimum atomic E-state index is -0.763. The molecule has 0 fully saturated rings. The van der Waals surface area contributed by atoms with E-state index in [-0.39, 0.29) is 5.56 Å². The average Bonchev–Trinajstić information content (AvgIpc) is 2.30. The van der Waals surface area contributed by atoms with E-state index < -0.39 is 17.7 Å². The van der Waals surface area contributed by atoms with Crippen LogP contribution >= 0.6 is 0 Å². The molecule has 1 unspecified atom stereocenters. The highest BCUT2D eigenvalue weighted by atomic mass is 19.1. The SMILES string of the molecule is NC(C1=COCCC1)c1c(F)cccc1F. The lowest BCUT2D eigenvalue weighted by Crippen LogP contribution is -2.19. The van der Waals surface area contributed by atoms with Gasteiger partial charge in [0.2, 0.25) is 0 Å². The van der Waals surface area contributed by atoms with Crippen LogP contribution in [-0.4, -0.2) is 6.61 Å². The highest BCUT2D eigenvalue weighted by molar-refractivity contribution is 5.30. The highest BCUT2D eigenvalue weighted by Crippen LogP contribution is 2.28. The summed E-state index contributed by atoms with van der Waals surface area (Å²) in [6, 6.07) is 2.99. The first-order chi connectivity index (χ1) is 7.70. The fraction of sp³-hybridized carbons (Fsp3) is 0.333. The Morgan fingerprint density at radius 1 is 1.25 bits per heavy atom. The van der Waals surface area contributed by atoms with Gasteiger partial charge in [-0.25, -0.2) is 8.78 Å². The number of rotatable bonds is 2. The second-order valence-corrected chi connectivity index (χ2v) is 3.78. The summed E-state index contributed by atoms with van der Waals surface area (Å²) < 4.78 is 32.1. The van der Waals surface area contributed by atoms with Crippen molar-refractivity contribution in [3.05, 3.63) is 47.2 Å². The molecule has 0 saturated carbocycles. The van der Waals surface area contributed by atoms with Gasteiger partial charge in [0.05, 0.1) is 18.9 Å². The van der Waals surface area contributed by atoms with E-state index in [0.717, 1.165) is 18.4 Å². The predicted molar refractivity (Wildman–Crippen MR) is 56.6 cm³/mol. The van der Waals surface area contributed by atoms with Crippen LogP contribution in [0.4, 0.5) is 8.78 Å². The zero-order valence-corrected chi connectivity index (χ0v) is 8.75. The van der Waals surface area contributed by atoms with Crippen molar-refractivity contribution in [2.75, 3.05) is 6.61 Å². The first-order valence-corrected chi connectivity index (χ1v) is 5.20. The molecule has 0 aromatic heterocycles. The molecule has 2 N–H and O–H groups in total. The summed E-state index contributed by atoms with van der Waals surface area (Å²) >= 11 is 0. The molecule has 2 nitrogen and oxygen atoms in total. The number of benzene rings is 1. The van der Waals surface area contributed by atoms with Gasteiger partial charge in [-0.2, -0.15) is 0 Å². The van der Waals surface area contributed by atoms with Crippen molar-refractivity contribution in [3.8, 4) is 0 Å². The summed E-state index contributed by atoms with van der Waals surface area (Å²) in [7, 11) is 0. The number of hydrogen-bond acceptors (Lipinski definition) is 2. The van der Waals surface area contributed by atoms with E-state index in [1.807, 2.05) is 0 Å². The van der Waals surface area contributed by atoms with Crippen LogP contribution in [0.3, 0.4) is 0 Å². The monoisotopic (exact) mass is 225 g/mol. The topological polar surface area (TPSA) is 35.2 Å². The molecule has 1 heterocycles. The van der Waals surface area contributed by atoms with Crippen molar-refractivity contribution >= 4 is 0 Å². The second kappa shape index (κ2) is 4.61. The average molecular weight is 225 g/mol. The van der Waals surface area contributed by atoms with Gasteiger partial charge >= 0.3 is 0 Å². The van der Waals surface area contributed by atoms with E-state index in [9.17, 15) is 8.78 Å². The van der Waals surface area contributed by atoms with Crippen LogP contribution in [0.2, 0.25) is 0 Å². The second-order valence-electron chi connectivity index (χ2n) is 3.78. The van der Waals surface area contributed by atoms with Gasteiger partial charge in [-0.1, -0.05) is 6.07 Å². The van der Waals surface area contributed by atoms with E-state index in [4.69, 9.17) is 10.5 Å². The van der Waals surface area contributed by atoms with Crippen molar-refractivity contribution in [2.24, 2.45) is 5.73 Å². The van der Waals surface area contributed by atoms with Crippen LogP contribution < -0.4 is 5.73 Å². The minimum absolute atomic E-state index is 0.0840. The number of hydrogen-bond donors (Lipinski definition) is 1. The molecule has 4 heteroatoms. The minimum Gasteiger partial charge on any atom is -0.501 e. The molecule has 1 aliphatic heterocycles. The van der Waals surface area contributed by atoms with Crippen molar-refractivity contribution in [1.29, 1.82) is 0 Å². The van der Waals surface area contributed by atoms with Crippen LogP contribution in [0.25, 0.3) is 0 Å². The Balaban J connectivity index is 2.33. The Kier molecular flexibility index (Phi) is 3.19. The Hall–Kier alpha value is -1.42. The lowest BCUT2D eigenvalue weighted by molar-refractivity contribution is 0.221. The fourth-order valence-electron chi connectivity index (χ4n) is 1.81. The predicted octanol–water partition coefficient (Wildman–Crippen LogP) is 2.66. The summed E-state index contributed by atoms with van der Waals surface area (Å²) in [4.78, 5) is 0. The van der Waals surface area contributed by atoms with Gasteiger partial charge < -0.3 is 10.5 Å². The van der Waals surface area contributed by atoms with E-state index in [0.29, 0.717) is 6.61 Å². The molecule has 0 amide bonds. The standard InChI is InChI=1S/C12H13F2NO/c13-9-4-1-5-10(14)11(9)12(15)8-3-2-6-16-7-8/h1,4-5,7,12H,2-3,6,15H2. The highest BCUT2D eigenvalue weighted by Gasteiger charge is 2.21. The molecule has 1 aliphatic rings. The Morgan fingerprint density at radius 2 is 1.94 bits per heavy atom. The molecular weight excluding hydrogens is 212 g/mol. The third kappa shape index (κ3) is 2.07. The van der Waals surface area contributed by atoms with E-state index in [1.165, 1.54) is 24.5 Å². The van der Waals surface area contributed by atoms with Crippen molar-refractivity contribution < 1.29 is 13.5 Å². The van der Waals surface area contributed by atoms with Gasteiger partial charge in [0.1, 0.15) is 11.6 Å². The van der Waals surface area contributed by atoms with Crippen LogP contribution in [0, 0.1) is 11.6 Å². The number of ether oxygens (including phenoxy) is 1. The van der Waals surface area contributed by atoms with Gasteiger partial charge in [-0.3, -0.25) is 0 Å². The van der Waals surface area contributed by atoms with E-state index in [1.54, 1.807) is 0 Å². The zero-order chi connectivity index (χ0) is 11.5. The van der Waals surface area contributed by atoms with E-state index in [2.05, 4.69) is 0 Å². The lowest BCUT2D eigenvalue weighted by atomic mass is 9.95. The van der Waals surface area contributed by atoms with Gasteiger partial charge in [0.15, 0.2) is 0 Å². The molecule has 2 rings (SSSR count). The third-order valence-electron chi connectivity index (χ3n) is 2.67. The Morgan fingerprint density at radius 3 is 2.50 bits per heavy atom. The quantitative estimate of drug-likeness (QED) is 0.839. The largest absolute Gasteiger partial charge is 0.501 e. The summed E-state index contributed by atoms with van der Waals surface area (Å²) in [6.45, 7) is 0.635. The molecule has 16 heavy (non-hydrogen) atoms. The summed E-state index contributed by atoms with van der Waals surface area (Å²) in [6.07, 6.45) is 3.06. The molecule has 1 aromatic rings. The van der Waals surface area contributed by atoms with Crippen molar-refractivity contribution in [3.63, 3.8) is 0 Å². The van der Waals surface area contributed by atoms with Crippen LogP contribution in [0.1, 0.15) is 24.4 Å². The Labute approximate surface area is 92.7 Å². The van der Waals surface area contributed by atoms with E-state index >= 15 is 0 Å². The Bertz CT molecular complexity index is 397. The summed E-state index contributed by atoms with van der Waals surface area (Å²) in [5, 5.41) is 0. The first kappa shape index (κ1) is 11.1. The van der Waals surface area contributed by atoms with Crippen LogP contribution in [0.5, 0.6) is 0 Å². The maximum absolute atomic E-state index is 13.5. The van der Waals surface area contributed by atoms with Gasteiger partial charge in [0.25, 0.3) is 0 Å². The molecular formula is C12H13F2NO. The summed E-state index contributed by atoms with van der Waals surface area (Å²) in [5.74, 6) is -1.22. The maximum Gasteiger partial charge on any atom is 0.131 e. The molecule has 0 aliphatic carbocycles. The van der Waals surface area contributed by atoms with Crippen LogP contribution in [-0.2, 0) is 4.74 Å². The van der Waals surface area contributed by atoms with Crippen molar-refractivity contribution in [1.82, 2.24) is 0 Å². The fourth-order valence-corrected chi connectivity index (χ4v) is 1.81. The molecule has 1 aromatic carbocycles. The normalized spacial score (nSPS) is 17.6. The van der Waals surface area contributed by atoms with Gasteiger partial charge in [0, 0.05) is 5.56 Å². The maximum atomic E-state index is 13.5. The van der Waals surface area contributed by atoms with Gasteiger partial charge in [-0.15, -0.1) is 0 Å². The summed E-state index contributed by atoms with van der Waals surface area (Å²) in [5.41, 5.74) is 6.49. The zero-order valence-electron chi connectivity index (χ0n) is 8.75. The van der Waals surface area contributed by atoms with Crippen molar-refractivity contribution in [2.45, 2.75) is 18.9 Å². The molecule has 86 valence electrons. The molecule has 0 saturated heterocycles. The first-order valence-electron chi connectivity index (χ1n) is 5.20. The molecule has 0 spiro atoms. The number of halogens is 2. The number of nitrogens with two attached hydrogens (primary N) is 1. The molecule has 1 atom stereocenters. The smallest absolute Gasteiger partial charge is 0.131 e. The molecule has 0 bridgehead atoms. The lowest BCUT2D eigenvalue weighted by Gasteiger charge is -2.20. The van der Waals surface area contributed by atoms with Gasteiger partial charge in [-0.05, 0) is 30.5 Å².